The maximum atomic E-state index is 5.89. The van der Waals surface area contributed by atoms with Gasteiger partial charge < -0.3 is 0 Å². The van der Waals surface area contributed by atoms with Crippen LogP contribution in [0.25, 0.3) is 5.69 Å². The third-order valence-corrected chi connectivity index (χ3v) is 2.77. The maximum absolute atomic E-state index is 5.89. The van der Waals surface area contributed by atoms with Crippen LogP contribution in [-0.2, 0) is 0 Å². The van der Waals surface area contributed by atoms with Crippen molar-refractivity contribution in [3.63, 3.8) is 0 Å². The zero-order valence-corrected chi connectivity index (χ0v) is 9.18. The molecule has 0 aliphatic carbocycles. The SMILES string of the molecule is Clc1ccc(-n2nccc2Cl)cc1Cl. The van der Waals surface area contributed by atoms with Crippen molar-refractivity contribution in [3.8, 4) is 5.69 Å². The molecule has 1 aromatic heterocycles. The Bertz CT molecular complexity index is 465. The molecule has 0 saturated carbocycles. The number of hydrogen-bond donors (Lipinski definition) is 0. The van der Waals surface area contributed by atoms with Gasteiger partial charge in [-0.25, -0.2) is 4.68 Å². The van der Waals surface area contributed by atoms with E-state index >= 15 is 0 Å². The van der Waals surface area contributed by atoms with E-state index in [-0.39, 0.29) is 0 Å². The van der Waals surface area contributed by atoms with Gasteiger partial charge in [0, 0.05) is 0 Å². The molecule has 0 aliphatic rings. The van der Waals surface area contributed by atoms with E-state index in [1.54, 1.807) is 35.1 Å². The fraction of sp³-hybridized carbons (Fsp3) is 0. The van der Waals surface area contributed by atoms with Crippen molar-refractivity contribution in [3.05, 3.63) is 45.7 Å². The standard InChI is InChI=1S/C9H5Cl3N2/c10-7-2-1-6(5-8(7)11)14-9(12)3-4-13-14/h1-5H. The van der Waals surface area contributed by atoms with Gasteiger partial charge in [-0.2, -0.15) is 5.10 Å². The fourth-order valence-electron chi connectivity index (χ4n) is 1.09. The summed E-state index contributed by atoms with van der Waals surface area (Å²) in [5.74, 6) is 0. The lowest BCUT2D eigenvalue weighted by atomic mass is 10.3. The Morgan fingerprint density at radius 3 is 2.36 bits per heavy atom. The third-order valence-electron chi connectivity index (χ3n) is 1.74. The maximum Gasteiger partial charge on any atom is 0.132 e. The molecule has 0 atom stereocenters. The molecule has 5 heteroatoms. The normalized spacial score (nSPS) is 10.5. The second-order valence-electron chi connectivity index (χ2n) is 2.66. The van der Waals surface area contributed by atoms with E-state index < -0.39 is 0 Å². The van der Waals surface area contributed by atoms with Crippen LogP contribution in [0.2, 0.25) is 15.2 Å². The molecular formula is C9H5Cl3N2. The number of hydrogen-bond acceptors (Lipinski definition) is 1. The minimum Gasteiger partial charge on any atom is -0.222 e. The van der Waals surface area contributed by atoms with Gasteiger partial charge in [-0.3, -0.25) is 0 Å². The molecule has 0 fully saturated rings. The van der Waals surface area contributed by atoms with Crippen molar-refractivity contribution >= 4 is 34.8 Å². The van der Waals surface area contributed by atoms with Crippen molar-refractivity contribution in [1.29, 1.82) is 0 Å². The van der Waals surface area contributed by atoms with Crippen LogP contribution in [-0.4, -0.2) is 9.78 Å². The van der Waals surface area contributed by atoms with E-state index in [9.17, 15) is 0 Å². The van der Waals surface area contributed by atoms with Crippen LogP contribution in [0.4, 0.5) is 0 Å². The number of rotatable bonds is 1. The lowest BCUT2D eigenvalue weighted by molar-refractivity contribution is 0.881. The zero-order chi connectivity index (χ0) is 10.1. The van der Waals surface area contributed by atoms with Gasteiger partial charge in [0.1, 0.15) is 5.15 Å². The molecule has 1 heterocycles. The summed E-state index contributed by atoms with van der Waals surface area (Å²) in [7, 11) is 0. The molecule has 0 unspecified atom stereocenters. The van der Waals surface area contributed by atoms with Gasteiger partial charge in [-0.1, -0.05) is 34.8 Å². The van der Waals surface area contributed by atoms with Gasteiger partial charge >= 0.3 is 0 Å². The average molecular weight is 248 g/mol. The molecule has 1 aromatic carbocycles. The highest BCUT2D eigenvalue weighted by atomic mass is 35.5. The van der Waals surface area contributed by atoms with E-state index in [1.807, 2.05) is 0 Å². The van der Waals surface area contributed by atoms with E-state index in [1.165, 1.54) is 0 Å². The summed E-state index contributed by atoms with van der Waals surface area (Å²) in [4.78, 5) is 0. The molecule has 0 N–H and O–H groups in total. The van der Waals surface area contributed by atoms with Crippen LogP contribution in [0.5, 0.6) is 0 Å². The first-order valence-electron chi connectivity index (χ1n) is 3.83. The Balaban J connectivity index is 2.53. The summed E-state index contributed by atoms with van der Waals surface area (Å²) in [6.07, 6.45) is 1.62. The van der Waals surface area contributed by atoms with E-state index in [4.69, 9.17) is 34.8 Å². The van der Waals surface area contributed by atoms with Crippen LogP contribution < -0.4 is 0 Å². The highest BCUT2D eigenvalue weighted by Gasteiger charge is 2.04. The monoisotopic (exact) mass is 246 g/mol. The highest BCUT2D eigenvalue weighted by Crippen LogP contribution is 2.25. The van der Waals surface area contributed by atoms with E-state index in [2.05, 4.69) is 5.10 Å². The quantitative estimate of drug-likeness (QED) is 0.749. The first-order chi connectivity index (χ1) is 6.68. The van der Waals surface area contributed by atoms with Crippen molar-refractivity contribution in [1.82, 2.24) is 9.78 Å². The van der Waals surface area contributed by atoms with E-state index in [0.29, 0.717) is 15.2 Å². The highest BCUT2D eigenvalue weighted by molar-refractivity contribution is 6.42. The Labute approximate surface area is 96.0 Å². The van der Waals surface area contributed by atoms with Gasteiger partial charge in [-0.05, 0) is 24.3 Å². The van der Waals surface area contributed by atoms with Crippen LogP contribution in [0.3, 0.4) is 0 Å². The predicted octanol–water partition coefficient (Wildman–Crippen LogP) is 3.83. The molecule has 2 rings (SSSR count). The molecule has 0 amide bonds. The van der Waals surface area contributed by atoms with Gasteiger partial charge in [0.15, 0.2) is 0 Å². The number of aromatic nitrogens is 2. The van der Waals surface area contributed by atoms with Gasteiger partial charge in [0.25, 0.3) is 0 Å². The zero-order valence-electron chi connectivity index (χ0n) is 6.92. The van der Waals surface area contributed by atoms with Gasteiger partial charge in [0.2, 0.25) is 0 Å². The number of nitrogens with zero attached hydrogens (tertiary/aromatic N) is 2. The molecule has 0 bridgehead atoms. The molecule has 0 spiro atoms. The Hall–Kier alpha value is -0.700. The number of benzene rings is 1. The first kappa shape index (κ1) is 9.84. The van der Waals surface area contributed by atoms with Crippen molar-refractivity contribution < 1.29 is 0 Å². The summed E-state index contributed by atoms with van der Waals surface area (Å²) in [5, 5.41) is 5.57. The summed E-state index contributed by atoms with van der Waals surface area (Å²) >= 11 is 17.5. The molecular weight excluding hydrogens is 242 g/mol. The van der Waals surface area contributed by atoms with Crippen LogP contribution in [0, 0.1) is 0 Å². The topological polar surface area (TPSA) is 17.8 Å². The molecule has 2 aromatic rings. The second-order valence-corrected chi connectivity index (χ2v) is 3.87. The van der Waals surface area contributed by atoms with Gasteiger partial charge in [0.05, 0.1) is 21.9 Å². The minimum absolute atomic E-state index is 0.482. The summed E-state index contributed by atoms with van der Waals surface area (Å²) in [6.45, 7) is 0. The Morgan fingerprint density at radius 2 is 1.79 bits per heavy atom. The van der Waals surface area contributed by atoms with Crippen molar-refractivity contribution in [2.24, 2.45) is 0 Å². The second kappa shape index (κ2) is 3.81. The average Bonchev–Trinajstić information content (AvgIpc) is 2.57. The molecule has 0 aliphatic heterocycles. The van der Waals surface area contributed by atoms with Crippen LogP contribution in [0.15, 0.2) is 30.5 Å². The largest absolute Gasteiger partial charge is 0.222 e. The molecule has 0 saturated heterocycles. The molecule has 2 nitrogen and oxygen atoms in total. The summed E-state index contributed by atoms with van der Waals surface area (Å²) < 4.78 is 1.57. The summed E-state index contributed by atoms with van der Waals surface area (Å²) in [6, 6.07) is 6.91. The lowest BCUT2D eigenvalue weighted by Gasteiger charge is -2.03. The van der Waals surface area contributed by atoms with Crippen LogP contribution in [0.1, 0.15) is 0 Å². The molecule has 72 valence electrons. The van der Waals surface area contributed by atoms with Crippen molar-refractivity contribution in [2.75, 3.05) is 0 Å². The molecule has 0 radical (unpaired) electrons. The van der Waals surface area contributed by atoms with Crippen molar-refractivity contribution in [2.45, 2.75) is 0 Å². The predicted molar refractivity (Wildman–Crippen MR) is 58.6 cm³/mol. The number of halogens is 3. The Morgan fingerprint density at radius 1 is 1.00 bits per heavy atom. The Kier molecular flexibility index (Phi) is 2.68. The van der Waals surface area contributed by atoms with Gasteiger partial charge in [-0.15, -0.1) is 0 Å². The lowest BCUT2D eigenvalue weighted by Crippen LogP contribution is -1.95. The third kappa shape index (κ3) is 1.73. The smallest absolute Gasteiger partial charge is 0.132 e. The first-order valence-corrected chi connectivity index (χ1v) is 4.97. The molecule has 14 heavy (non-hydrogen) atoms. The minimum atomic E-state index is 0.482. The van der Waals surface area contributed by atoms with Crippen LogP contribution >= 0.6 is 34.8 Å². The van der Waals surface area contributed by atoms with E-state index in [0.717, 1.165) is 5.69 Å². The summed E-state index contributed by atoms with van der Waals surface area (Å²) in [5.41, 5.74) is 0.786. The fourth-order valence-corrected chi connectivity index (χ4v) is 1.58.